The summed E-state index contributed by atoms with van der Waals surface area (Å²) in [5, 5.41) is 0. The number of piperidine rings is 1. The predicted molar refractivity (Wildman–Crippen MR) is 95.6 cm³/mol. The van der Waals surface area contributed by atoms with Crippen LogP contribution in [0, 0.1) is 11.8 Å². The third-order valence-electron chi connectivity index (χ3n) is 5.85. The number of hydrogen-bond donors (Lipinski definition) is 1. The number of hydrogen-bond acceptors (Lipinski definition) is 4. The maximum atomic E-state index is 10.1. The summed E-state index contributed by atoms with van der Waals surface area (Å²) in [5.41, 5.74) is 9.27. The van der Waals surface area contributed by atoms with Gasteiger partial charge in [0.05, 0.1) is 6.61 Å². The van der Waals surface area contributed by atoms with Crippen molar-refractivity contribution in [1.29, 1.82) is 0 Å². The van der Waals surface area contributed by atoms with Crippen molar-refractivity contribution in [3.05, 3.63) is 35.4 Å². The van der Waals surface area contributed by atoms with Crippen LogP contribution in [0.2, 0.25) is 0 Å². The number of rotatable bonds is 7. The predicted octanol–water partition coefficient (Wildman–Crippen LogP) is 2.91. The van der Waals surface area contributed by atoms with Gasteiger partial charge in [-0.15, -0.1) is 0 Å². The molecule has 0 spiro atoms. The Kier molecular flexibility index (Phi) is 6.27. The molecular formula is C20H30N2O2. The zero-order valence-corrected chi connectivity index (χ0v) is 14.5. The average molecular weight is 330 g/mol. The molecule has 2 aliphatic rings. The molecule has 1 aliphatic heterocycles. The van der Waals surface area contributed by atoms with Crippen LogP contribution in [0.15, 0.2) is 24.3 Å². The van der Waals surface area contributed by atoms with Crippen molar-refractivity contribution in [3.8, 4) is 0 Å². The molecular weight excluding hydrogens is 300 g/mol. The van der Waals surface area contributed by atoms with Crippen LogP contribution in [0.25, 0.3) is 0 Å². The average Bonchev–Trinajstić information content (AvgIpc) is 2.62. The molecule has 4 nitrogen and oxygen atoms in total. The van der Waals surface area contributed by atoms with Gasteiger partial charge in [0, 0.05) is 6.04 Å². The second-order valence-corrected chi connectivity index (χ2v) is 7.36. The van der Waals surface area contributed by atoms with E-state index in [1.165, 1.54) is 43.5 Å². The van der Waals surface area contributed by atoms with Crippen LogP contribution in [0.4, 0.5) is 0 Å². The summed E-state index contributed by atoms with van der Waals surface area (Å²) in [6.45, 7) is 4.62. The van der Waals surface area contributed by atoms with E-state index in [4.69, 9.17) is 10.5 Å². The quantitative estimate of drug-likeness (QED) is 0.617. The zero-order chi connectivity index (χ0) is 16.8. The summed E-state index contributed by atoms with van der Waals surface area (Å²) < 4.78 is 4.75. The van der Waals surface area contributed by atoms with Crippen molar-refractivity contribution in [2.24, 2.45) is 17.6 Å². The van der Waals surface area contributed by atoms with E-state index in [1.54, 1.807) is 0 Å². The van der Waals surface area contributed by atoms with Crippen molar-refractivity contribution < 1.29 is 9.53 Å². The van der Waals surface area contributed by atoms with Gasteiger partial charge in [-0.2, -0.15) is 0 Å². The Balaban J connectivity index is 1.43. The SMILES string of the molecule is NC1CC(C2CCN(CCCCOC=O)CC2)Cc2ccccc21. The normalized spacial score (nSPS) is 25.2. The van der Waals surface area contributed by atoms with E-state index in [9.17, 15) is 4.79 Å². The first-order valence-corrected chi connectivity index (χ1v) is 9.39. The summed E-state index contributed by atoms with van der Waals surface area (Å²) in [5.74, 6) is 1.57. The smallest absolute Gasteiger partial charge is 0.293 e. The van der Waals surface area contributed by atoms with E-state index in [-0.39, 0.29) is 6.04 Å². The fourth-order valence-corrected chi connectivity index (χ4v) is 4.48. The highest BCUT2D eigenvalue weighted by Gasteiger charge is 2.31. The molecule has 0 saturated carbocycles. The van der Waals surface area contributed by atoms with Gasteiger partial charge in [0.25, 0.3) is 6.47 Å². The van der Waals surface area contributed by atoms with E-state index in [0.29, 0.717) is 13.1 Å². The topological polar surface area (TPSA) is 55.6 Å². The Morgan fingerprint density at radius 3 is 2.75 bits per heavy atom. The molecule has 2 N–H and O–H groups in total. The number of nitrogens with zero attached hydrogens (tertiary/aromatic N) is 1. The Morgan fingerprint density at radius 1 is 1.17 bits per heavy atom. The van der Waals surface area contributed by atoms with Crippen LogP contribution in [0.3, 0.4) is 0 Å². The van der Waals surface area contributed by atoms with Crippen LogP contribution in [0.1, 0.15) is 49.3 Å². The molecule has 2 atom stereocenters. The van der Waals surface area contributed by atoms with Crippen molar-refractivity contribution in [2.75, 3.05) is 26.2 Å². The van der Waals surface area contributed by atoms with Gasteiger partial charge in [-0.3, -0.25) is 4.79 Å². The monoisotopic (exact) mass is 330 g/mol. The fraction of sp³-hybridized carbons (Fsp3) is 0.650. The van der Waals surface area contributed by atoms with E-state index in [2.05, 4.69) is 29.2 Å². The van der Waals surface area contributed by atoms with E-state index in [0.717, 1.165) is 37.6 Å². The Hall–Kier alpha value is -1.39. The van der Waals surface area contributed by atoms with Crippen molar-refractivity contribution >= 4 is 6.47 Å². The second-order valence-electron chi connectivity index (χ2n) is 7.36. The molecule has 4 heteroatoms. The number of ether oxygens (including phenoxy) is 1. The number of fused-ring (bicyclic) bond motifs is 1. The summed E-state index contributed by atoms with van der Waals surface area (Å²) in [6.07, 6.45) is 7.02. The van der Waals surface area contributed by atoms with E-state index >= 15 is 0 Å². The van der Waals surface area contributed by atoms with E-state index in [1.807, 2.05) is 0 Å². The van der Waals surface area contributed by atoms with Gasteiger partial charge in [-0.25, -0.2) is 0 Å². The number of nitrogens with two attached hydrogens (primary N) is 1. The standard InChI is InChI=1S/C20H30N2O2/c21-20-14-18(13-17-5-1-2-6-19(17)20)16-7-10-22(11-8-16)9-3-4-12-24-15-23/h1-2,5-6,15-16,18,20H,3-4,7-14,21H2. The highest BCUT2D eigenvalue weighted by atomic mass is 16.5. The molecule has 3 rings (SSSR count). The molecule has 1 aromatic rings. The Labute approximate surface area is 145 Å². The van der Waals surface area contributed by atoms with Gasteiger partial charge < -0.3 is 15.4 Å². The molecule has 0 bridgehead atoms. The van der Waals surface area contributed by atoms with Crippen LogP contribution in [-0.4, -0.2) is 37.6 Å². The molecule has 2 unspecified atom stereocenters. The second kappa shape index (κ2) is 8.63. The summed E-state index contributed by atoms with van der Waals surface area (Å²) in [4.78, 5) is 12.7. The van der Waals surface area contributed by atoms with Crippen LogP contribution in [0.5, 0.6) is 0 Å². The lowest BCUT2D eigenvalue weighted by atomic mass is 9.72. The number of carbonyl (C=O) groups excluding carboxylic acids is 1. The lowest BCUT2D eigenvalue weighted by Crippen LogP contribution is -2.39. The van der Waals surface area contributed by atoms with Gasteiger partial charge >= 0.3 is 0 Å². The summed E-state index contributed by atoms with van der Waals surface area (Å²) in [6, 6.07) is 8.93. The lowest BCUT2D eigenvalue weighted by molar-refractivity contribution is -0.128. The number of likely N-dealkylation sites (tertiary alicyclic amines) is 1. The molecule has 24 heavy (non-hydrogen) atoms. The highest BCUT2D eigenvalue weighted by molar-refractivity contribution is 5.36. The van der Waals surface area contributed by atoms with Crippen molar-refractivity contribution in [2.45, 2.75) is 44.6 Å². The summed E-state index contributed by atoms with van der Waals surface area (Å²) >= 11 is 0. The van der Waals surface area contributed by atoms with Gasteiger partial charge in [-0.05, 0) is 81.1 Å². The molecule has 1 saturated heterocycles. The minimum absolute atomic E-state index is 0.218. The fourth-order valence-electron chi connectivity index (χ4n) is 4.48. The number of benzene rings is 1. The van der Waals surface area contributed by atoms with Gasteiger partial charge in [0.15, 0.2) is 0 Å². The minimum Gasteiger partial charge on any atom is -0.468 e. The third-order valence-corrected chi connectivity index (χ3v) is 5.85. The maximum Gasteiger partial charge on any atom is 0.293 e. The Bertz CT molecular complexity index is 526. The van der Waals surface area contributed by atoms with Gasteiger partial charge in [0.1, 0.15) is 0 Å². The molecule has 132 valence electrons. The van der Waals surface area contributed by atoms with Crippen LogP contribution >= 0.6 is 0 Å². The lowest BCUT2D eigenvalue weighted by Gasteiger charge is -2.39. The molecule has 1 aromatic carbocycles. The third kappa shape index (κ3) is 4.37. The van der Waals surface area contributed by atoms with Gasteiger partial charge in [-0.1, -0.05) is 24.3 Å². The zero-order valence-electron chi connectivity index (χ0n) is 14.5. The van der Waals surface area contributed by atoms with Crippen molar-refractivity contribution in [1.82, 2.24) is 4.90 Å². The van der Waals surface area contributed by atoms with Gasteiger partial charge in [0.2, 0.25) is 0 Å². The first-order chi connectivity index (χ1) is 11.8. The molecule has 1 fully saturated rings. The first kappa shape index (κ1) is 17.4. The number of carbonyl (C=O) groups is 1. The molecule has 0 aromatic heterocycles. The minimum atomic E-state index is 0.218. The van der Waals surface area contributed by atoms with Crippen LogP contribution < -0.4 is 5.73 Å². The largest absolute Gasteiger partial charge is 0.468 e. The van der Waals surface area contributed by atoms with Crippen LogP contribution in [-0.2, 0) is 16.0 Å². The molecule has 1 aliphatic carbocycles. The summed E-state index contributed by atoms with van der Waals surface area (Å²) in [7, 11) is 0. The first-order valence-electron chi connectivity index (χ1n) is 9.39. The molecule has 1 heterocycles. The maximum absolute atomic E-state index is 10.1. The molecule has 0 amide bonds. The van der Waals surface area contributed by atoms with E-state index < -0.39 is 0 Å². The highest BCUT2D eigenvalue weighted by Crippen LogP contribution is 2.38. The molecule has 0 radical (unpaired) electrons. The van der Waals surface area contributed by atoms with Crippen molar-refractivity contribution in [3.63, 3.8) is 0 Å². The Morgan fingerprint density at radius 2 is 1.96 bits per heavy atom. The number of unbranched alkanes of at least 4 members (excludes halogenated alkanes) is 1.